The van der Waals surface area contributed by atoms with Gasteiger partial charge in [-0.2, -0.15) is 8.42 Å². The number of rotatable bonds is 26. The maximum absolute atomic E-state index is 10.7. The Morgan fingerprint density at radius 3 is 0.915 bits per heavy atom. The van der Waals surface area contributed by atoms with Gasteiger partial charge in [0, 0.05) is 0 Å². The normalized spacial score (nSPS) is 11.8. The molecule has 0 aliphatic heterocycles. The van der Waals surface area contributed by atoms with E-state index in [1.54, 1.807) is 0 Å². The van der Waals surface area contributed by atoms with Gasteiger partial charge in [0.25, 0.3) is 10.1 Å². The summed E-state index contributed by atoms with van der Waals surface area (Å²) in [5, 5.41) is 8.55. The van der Waals surface area contributed by atoms with Crippen LogP contribution in [0.2, 0.25) is 0 Å². The molecule has 0 amide bonds. The first kappa shape index (κ1) is 47.6. The second kappa shape index (κ2) is 29.4. The van der Waals surface area contributed by atoms with E-state index in [4.69, 9.17) is 9.66 Å². The van der Waals surface area contributed by atoms with E-state index in [0.29, 0.717) is 0 Å². The zero-order chi connectivity index (χ0) is 36.0. The van der Waals surface area contributed by atoms with Gasteiger partial charge >= 0.3 is 5.97 Å². The van der Waals surface area contributed by atoms with Crippen LogP contribution in [0.25, 0.3) is 0 Å². The number of aromatic carboxylic acids is 1. The van der Waals surface area contributed by atoms with Crippen molar-refractivity contribution in [2.24, 2.45) is 0 Å². The van der Waals surface area contributed by atoms with Crippen molar-refractivity contribution in [3.05, 3.63) is 29.8 Å². The van der Waals surface area contributed by atoms with Gasteiger partial charge in [-0.1, -0.05) is 119 Å². The Kier molecular flexibility index (Phi) is 29.8. The van der Waals surface area contributed by atoms with E-state index in [-0.39, 0.29) is 0 Å². The second-order valence-electron chi connectivity index (χ2n) is 13.6. The number of unbranched alkanes of at least 4 members (excludes halogenated alkanes) is 8. The third-order valence-electron chi connectivity index (χ3n) is 9.28. The van der Waals surface area contributed by atoms with E-state index in [0.717, 1.165) is 12.1 Å². The van der Waals surface area contributed by atoms with E-state index in [1.165, 1.54) is 176 Å². The average Bonchev–Trinajstić information content (AvgIpc) is 3.07. The van der Waals surface area contributed by atoms with Crippen LogP contribution < -0.4 is 0 Å². The first-order valence-electron chi connectivity index (χ1n) is 19.4. The lowest BCUT2D eigenvalue weighted by Gasteiger charge is -2.39. The van der Waals surface area contributed by atoms with Crippen molar-refractivity contribution in [3.63, 3.8) is 0 Å². The van der Waals surface area contributed by atoms with E-state index >= 15 is 0 Å². The van der Waals surface area contributed by atoms with Gasteiger partial charge in [0.15, 0.2) is 0 Å². The molecule has 0 aliphatic carbocycles. The highest BCUT2D eigenvalue weighted by atomic mass is 32.2. The van der Waals surface area contributed by atoms with Crippen LogP contribution in [-0.4, -0.2) is 85.4 Å². The van der Waals surface area contributed by atoms with E-state index in [2.05, 4.69) is 55.4 Å². The Balaban J connectivity index is 0. The summed E-state index contributed by atoms with van der Waals surface area (Å²) in [7, 11) is -4.46. The largest absolute Gasteiger partial charge is 0.478 e. The minimum Gasteiger partial charge on any atom is -0.478 e. The Bertz CT molecular complexity index is 872. The quantitative estimate of drug-likeness (QED) is 0.0747. The molecule has 0 radical (unpaired) electrons. The Hall–Kier alpha value is -1.48. The van der Waals surface area contributed by atoms with Crippen LogP contribution in [0.1, 0.15) is 168 Å². The summed E-state index contributed by atoms with van der Waals surface area (Å²) in [6, 6.07) is 4.83. The Morgan fingerprint density at radius 2 is 0.745 bits per heavy atom. The van der Waals surface area contributed by atoms with E-state index < -0.39 is 26.5 Å². The molecule has 0 aromatic heterocycles. The molecule has 0 atom stereocenters. The monoisotopic (exact) mass is 687 g/mol. The fourth-order valence-corrected chi connectivity index (χ4v) is 6.84. The molecular weight excluding hydrogens is 609 g/mol. The SMILES string of the molecule is CCCC[N+](CCCC)(CCCC)CCCC.CCCC[N+](CCCC)(CCCC)CCCC.O=C(O)c1ccccc1S(=O)(=O)O. The second-order valence-corrected chi connectivity index (χ2v) is 15.0. The Morgan fingerprint density at radius 1 is 0.511 bits per heavy atom. The van der Waals surface area contributed by atoms with Gasteiger partial charge < -0.3 is 14.1 Å². The van der Waals surface area contributed by atoms with Gasteiger partial charge in [0.1, 0.15) is 4.90 Å². The molecule has 1 aromatic rings. The van der Waals surface area contributed by atoms with Crippen molar-refractivity contribution < 1.29 is 31.8 Å². The lowest BCUT2D eigenvalue weighted by Crippen LogP contribution is -2.50. The number of carbonyl (C=O) groups is 1. The average molecular weight is 687 g/mol. The summed E-state index contributed by atoms with van der Waals surface area (Å²) >= 11 is 0. The fourth-order valence-electron chi connectivity index (χ4n) is 6.16. The summed E-state index contributed by atoms with van der Waals surface area (Å²) in [6.45, 7) is 30.0. The van der Waals surface area contributed by atoms with Crippen molar-refractivity contribution >= 4 is 16.1 Å². The summed E-state index contributed by atoms with van der Waals surface area (Å²) < 4.78 is 32.8. The van der Waals surface area contributed by atoms with Gasteiger partial charge in [-0.3, -0.25) is 4.55 Å². The Labute approximate surface area is 292 Å². The van der Waals surface area contributed by atoms with Crippen molar-refractivity contribution in [1.29, 1.82) is 0 Å². The molecule has 47 heavy (non-hydrogen) atoms. The van der Waals surface area contributed by atoms with Crippen LogP contribution in [-0.2, 0) is 10.1 Å². The third-order valence-corrected chi connectivity index (χ3v) is 10.2. The topological polar surface area (TPSA) is 91.7 Å². The minimum atomic E-state index is -4.46. The zero-order valence-electron chi connectivity index (χ0n) is 32.2. The molecule has 0 saturated heterocycles. The number of carboxylic acids is 1. The van der Waals surface area contributed by atoms with Crippen LogP contribution in [0.5, 0.6) is 0 Å². The summed E-state index contributed by atoms with van der Waals surface area (Å²) in [5.74, 6) is -1.40. The van der Waals surface area contributed by atoms with Crippen LogP contribution >= 0.6 is 0 Å². The highest BCUT2D eigenvalue weighted by Gasteiger charge is 2.26. The standard InChI is InChI=1S/2C16H36N.C7H6O5S/c2*1-5-9-13-17(14-10-6-2,15-11-7-3)16-12-8-4;8-7(9)5-3-1-2-4-6(5)13(10,11)12/h2*5-16H2,1-4H3;1-4H,(H,8,9)(H,10,11,12)/q2*+1;. The fraction of sp³-hybridized carbons (Fsp3) is 0.821. The van der Waals surface area contributed by atoms with Crippen molar-refractivity contribution in [3.8, 4) is 0 Å². The van der Waals surface area contributed by atoms with Crippen molar-refractivity contribution in [1.82, 2.24) is 0 Å². The molecule has 278 valence electrons. The number of benzene rings is 1. The van der Waals surface area contributed by atoms with Crippen LogP contribution in [0, 0.1) is 0 Å². The van der Waals surface area contributed by atoms with Gasteiger partial charge in [-0.25, -0.2) is 4.79 Å². The molecule has 0 unspecified atom stereocenters. The van der Waals surface area contributed by atoms with Crippen LogP contribution in [0.4, 0.5) is 0 Å². The van der Waals surface area contributed by atoms with Gasteiger partial charge in [0.2, 0.25) is 0 Å². The molecule has 0 bridgehead atoms. The highest BCUT2D eigenvalue weighted by molar-refractivity contribution is 7.86. The lowest BCUT2D eigenvalue weighted by molar-refractivity contribution is -0.929. The van der Waals surface area contributed by atoms with Crippen LogP contribution in [0.3, 0.4) is 0 Å². The van der Waals surface area contributed by atoms with E-state index in [1.807, 2.05) is 0 Å². The molecule has 0 fully saturated rings. The molecule has 8 heteroatoms. The molecular formula is C39H78N2O5S+2. The number of carboxylic acid groups (broad SMARTS) is 1. The molecule has 2 N–H and O–H groups in total. The maximum Gasteiger partial charge on any atom is 0.337 e. The molecule has 1 rings (SSSR count). The van der Waals surface area contributed by atoms with Gasteiger partial charge in [-0.05, 0) is 63.5 Å². The molecule has 7 nitrogen and oxygen atoms in total. The minimum absolute atomic E-state index is 0.440. The summed E-state index contributed by atoms with van der Waals surface area (Å²) in [4.78, 5) is 9.90. The lowest BCUT2D eigenvalue weighted by atomic mass is 10.1. The molecule has 0 heterocycles. The van der Waals surface area contributed by atoms with Crippen molar-refractivity contribution in [2.75, 3.05) is 52.4 Å². The molecule has 0 aliphatic rings. The predicted molar refractivity (Wildman–Crippen MR) is 202 cm³/mol. The highest BCUT2D eigenvalue weighted by Crippen LogP contribution is 2.18. The summed E-state index contributed by atoms with van der Waals surface area (Å²) in [5.41, 5.74) is -0.440. The number of hydrogen-bond donors (Lipinski definition) is 2. The molecule has 1 aromatic carbocycles. The number of quaternary nitrogens is 2. The number of nitrogens with zero attached hydrogens (tertiary/aromatic N) is 2. The van der Waals surface area contributed by atoms with Gasteiger partial charge in [-0.15, -0.1) is 0 Å². The molecule has 0 spiro atoms. The molecule has 0 saturated carbocycles. The maximum atomic E-state index is 10.7. The van der Waals surface area contributed by atoms with Crippen molar-refractivity contribution in [2.45, 2.75) is 163 Å². The summed E-state index contributed by atoms with van der Waals surface area (Å²) in [6.07, 6.45) is 22.1. The smallest absolute Gasteiger partial charge is 0.337 e. The van der Waals surface area contributed by atoms with Gasteiger partial charge in [0.05, 0.1) is 57.9 Å². The predicted octanol–water partition coefficient (Wildman–Crippen LogP) is 10.6. The zero-order valence-corrected chi connectivity index (χ0v) is 33.0. The number of hydrogen-bond acceptors (Lipinski definition) is 3. The third kappa shape index (κ3) is 22.7. The van der Waals surface area contributed by atoms with Crippen LogP contribution in [0.15, 0.2) is 29.2 Å². The first-order valence-corrected chi connectivity index (χ1v) is 20.9. The van der Waals surface area contributed by atoms with E-state index in [9.17, 15) is 13.2 Å². The first-order chi connectivity index (χ1) is 22.4.